The molecule has 0 radical (unpaired) electrons. The van der Waals surface area contributed by atoms with Gasteiger partial charge in [-0.2, -0.15) is 0 Å². The third-order valence-corrected chi connectivity index (χ3v) is 8.62. The third kappa shape index (κ3) is 5.04. The Kier molecular flexibility index (Phi) is 7.57. The van der Waals surface area contributed by atoms with Crippen LogP contribution in [-0.2, 0) is 33.0 Å². The lowest BCUT2D eigenvalue weighted by molar-refractivity contribution is 0.234. The van der Waals surface area contributed by atoms with Gasteiger partial charge in [-0.1, -0.05) is 54.6 Å². The molecule has 0 fully saturated rings. The summed E-state index contributed by atoms with van der Waals surface area (Å²) in [5.41, 5.74) is 5.03. The van der Waals surface area contributed by atoms with Crippen LogP contribution in [-0.4, -0.2) is 24.4 Å². The van der Waals surface area contributed by atoms with Crippen LogP contribution >= 0.6 is 18.4 Å². The van der Waals surface area contributed by atoms with Crippen molar-refractivity contribution in [1.29, 1.82) is 0 Å². The van der Waals surface area contributed by atoms with Crippen LogP contribution in [0.15, 0.2) is 60.0 Å². The van der Waals surface area contributed by atoms with Gasteiger partial charge in [0, 0.05) is 17.9 Å². The minimum Gasteiger partial charge on any atom is -0.314 e. The standard InChI is InChI=1S/C21H26NO2PS2/c1-3-23-25(26,24-4-2)22-15-14-19-12-8-9-13-20(19)21(22)17-27-16-18-10-6-5-7-11-18/h5-13,17H,3-4,14-16H2,1-2H3/b21-17+. The summed E-state index contributed by atoms with van der Waals surface area (Å²) in [4.78, 5) is 0. The summed E-state index contributed by atoms with van der Waals surface area (Å²) in [5.74, 6) is 0.923. The second-order valence-electron chi connectivity index (χ2n) is 6.13. The van der Waals surface area contributed by atoms with Gasteiger partial charge in [-0.3, -0.25) is 0 Å². The lowest BCUT2D eigenvalue weighted by Gasteiger charge is -2.39. The molecule has 2 aromatic rings. The van der Waals surface area contributed by atoms with E-state index in [1.54, 1.807) is 11.8 Å². The average Bonchev–Trinajstić information content (AvgIpc) is 2.69. The summed E-state index contributed by atoms with van der Waals surface area (Å²) < 4.78 is 14.2. The first kappa shape index (κ1) is 20.6. The van der Waals surface area contributed by atoms with Crippen LogP contribution in [0.2, 0.25) is 0 Å². The number of hydrogen-bond donors (Lipinski definition) is 0. The highest BCUT2D eigenvalue weighted by atomic mass is 32.5. The molecule has 0 saturated heterocycles. The zero-order chi connectivity index (χ0) is 19.1. The number of thioether (sulfide) groups is 1. The maximum atomic E-state index is 6.00. The molecule has 0 N–H and O–H groups in total. The minimum absolute atomic E-state index is 0.555. The van der Waals surface area contributed by atoms with Gasteiger partial charge < -0.3 is 13.7 Å². The molecule has 144 valence electrons. The molecule has 0 unspecified atom stereocenters. The lowest BCUT2D eigenvalue weighted by Crippen LogP contribution is -2.28. The van der Waals surface area contributed by atoms with Crippen LogP contribution in [0.25, 0.3) is 5.70 Å². The van der Waals surface area contributed by atoms with Crippen LogP contribution in [0, 0.1) is 0 Å². The van der Waals surface area contributed by atoms with E-state index in [1.165, 1.54) is 16.7 Å². The highest BCUT2D eigenvalue weighted by molar-refractivity contribution is 8.09. The first-order valence-corrected chi connectivity index (χ1v) is 12.9. The van der Waals surface area contributed by atoms with Crippen molar-refractivity contribution in [2.75, 3.05) is 19.8 Å². The van der Waals surface area contributed by atoms with Crippen molar-refractivity contribution in [2.45, 2.75) is 26.0 Å². The number of hydrogen-bond acceptors (Lipinski definition) is 4. The molecular weight excluding hydrogens is 393 g/mol. The molecule has 2 aromatic carbocycles. The van der Waals surface area contributed by atoms with E-state index >= 15 is 0 Å². The van der Waals surface area contributed by atoms with E-state index in [9.17, 15) is 0 Å². The fourth-order valence-corrected chi connectivity index (χ4v) is 7.03. The van der Waals surface area contributed by atoms with Crippen molar-refractivity contribution < 1.29 is 9.05 Å². The van der Waals surface area contributed by atoms with Gasteiger partial charge in [-0.25, -0.2) is 0 Å². The number of nitrogens with zero attached hydrogens (tertiary/aromatic N) is 1. The van der Waals surface area contributed by atoms with Crippen LogP contribution in [0.1, 0.15) is 30.5 Å². The van der Waals surface area contributed by atoms with Crippen LogP contribution in [0.3, 0.4) is 0 Å². The molecule has 1 aliphatic rings. The Morgan fingerprint density at radius 1 is 1.04 bits per heavy atom. The normalized spacial score (nSPS) is 15.8. The number of benzene rings is 2. The van der Waals surface area contributed by atoms with E-state index in [2.05, 4.69) is 58.6 Å². The third-order valence-electron chi connectivity index (χ3n) is 4.33. The fourth-order valence-electron chi connectivity index (χ4n) is 3.15. The molecular formula is C21H26NO2PS2. The molecule has 0 aliphatic carbocycles. The Hall–Kier alpha value is -1.10. The van der Waals surface area contributed by atoms with Gasteiger partial charge in [-0.15, -0.1) is 11.8 Å². The van der Waals surface area contributed by atoms with E-state index < -0.39 is 6.64 Å². The molecule has 0 bridgehead atoms. The summed E-state index contributed by atoms with van der Waals surface area (Å²) >= 11 is 7.70. The second kappa shape index (κ2) is 9.90. The molecule has 6 heteroatoms. The quantitative estimate of drug-likeness (QED) is 0.483. The van der Waals surface area contributed by atoms with Crippen LogP contribution < -0.4 is 0 Å². The summed E-state index contributed by atoms with van der Waals surface area (Å²) in [5, 5.41) is 2.23. The van der Waals surface area contributed by atoms with Gasteiger partial charge in [-0.05, 0) is 48.6 Å². The largest absolute Gasteiger partial charge is 0.314 e. The lowest BCUT2D eigenvalue weighted by atomic mass is 9.99. The molecule has 0 saturated carbocycles. The van der Waals surface area contributed by atoms with Gasteiger partial charge in [0.25, 0.3) is 6.64 Å². The molecule has 0 aromatic heterocycles. The first-order chi connectivity index (χ1) is 13.2. The van der Waals surface area contributed by atoms with Gasteiger partial charge >= 0.3 is 0 Å². The maximum Gasteiger partial charge on any atom is 0.290 e. The zero-order valence-corrected chi connectivity index (χ0v) is 18.4. The second-order valence-corrected chi connectivity index (χ2v) is 10.3. The molecule has 0 amide bonds. The predicted octanol–water partition coefficient (Wildman–Crippen LogP) is 6.07. The van der Waals surface area contributed by atoms with Crippen molar-refractivity contribution in [2.24, 2.45) is 0 Å². The average molecular weight is 420 g/mol. The van der Waals surface area contributed by atoms with E-state index in [1.807, 2.05) is 19.9 Å². The fraction of sp³-hybridized carbons (Fsp3) is 0.333. The number of rotatable bonds is 8. The summed E-state index contributed by atoms with van der Waals surface area (Å²) in [6, 6.07) is 19.1. The van der Waals surface area contributed by atoms with Gasteiger partial charge in [0.1, 0.15) is 0 Å². The molecule has 27 heavy (non-hydrogen) atoms. The predicted molar refractivity (Wildman–Crippen MR) is 120 cm³/mol. The van der Waals surface area contributed by atoms with Crippen molar-refractivity contribution in [3.8, 4) is 0 Å². The Balaban J connectivity index is 1.92. The van der Waals surface area contributed by atoms with Crippen LogP contribution in [0.4, 0.5) is 0 Å². The Morgan fingerprint density at radius 2 is 1.70 bits per heavy atom. The summed E-state index contributed by atoms with van der Waals surface area (Å²) in [6.45, 7) is 3.36. The summed E-state index contributed by atoms with van der Waals surface area (Å²) in [7, 11) is 0. The maximum absolute atomic E-state index is 6.00. The van der Waals surface area contributed by atoms with Crippen molar-refractivity contribution in [1.82, 2.24) is 4.67 Å². The monoisotopic (exact) mass is 419 g/mol. The van der Waals surface area contributed by atoms with Crippen molar-refractivity contribution >= 4 is 35.9 Å². The van der Waals surface area contributed by atoms with Gasteiger partial charge in [0.05, 0.1) is 18.9 Å². The molecule has 3 rings (SSSR count). The molecule has 0 spiro atoms. The SMILES string of the molecule is CCOP(=S)(OCC)N1CCc2ccccc2/C1=C\SCc1ccccc1. The van der Waals surface area contributed by atoms with E-state index in [0.29, 0.717) is 13.2 Å². The molecule has 1 heterocycles. The number of fused-ring (bicyclic) bond motifs is 1. The van der Waals surface area contributed by atoms with Crippen molar-refractivity contribution in [3.05, 3.63) is 76.7 Å². The first-order valence-electron chi connectivity index (χ1n) is 9.29. The van der Waals surface area contributed by atoms with Gasteiger partial charge in [0.2, 0.25) is 0 Å². The minimum atomic E-state index is -2.53. The summed E-state index contributed by atoms with van der Waals surface area (Å²) in [6.07, 6.45) is 0.954. The molecule has 3 nitrogen and oxygen atoms in total. The highest BCUT2D eigenvalue weighted by Crippen LogP contribution is 2.57. The Labute approximate surface area is 172 Å². The van der Waals surface area contributed by atoms with E-state index in [0.717, 1.165) is 24.4 Å². The molecule has 0 atom stereocenters. The Bertz CT molecular complexity index is 816. The smallest absolute Gasteiger partial charge is 0.290 e. The highest BCUT2D eigenvalue weighted by Gasteiger charge is 2.33. The molecule has 1 aliphatic heterocycles. The zero-order valence-electron chi connectivity index (χ0n) is 15.8. The van der Waals surface area contributed by atoms with Gasteiger partial charge in [0.15, 0.2) is 0 Å². The topological polar surface area (TPSA) is 21.7 Å². The Morgan fingerprint density at radius 3 is 2.41 bits per heavy atom. The van der Waals surface area contributed by atoms with Crippen LogP contribution in [0.5, 0.6) is 0 Å². The van der Waals surface area contributed by atoms with Crippen molar-refractivity contribution in [3.63, 3.8) is 0 Å². The van der Waals surface area contributed by atoms with E-state index in [-0.39, 0.29) is 0 Å². The van der Waals surface area contributed by atoms with E-state index in [4.69, 9.17) is 20.9 Å².